The van der Waals surface area contributed by atoms with Crippen molar-refractivity contribution in [3.05, 3.63) is 65.2 Å². The maximum absolute atomic E-state index is 11.9. The van der Waals surface area contributed by atoms with Crippen LogP contribution in [-0.4, -0.2) is 12.5 Å². The lowest BCUT2D eigenvalue weighted by Crippen LogP contribution is -2.24. The number of rotatable bonds is 6. The molecule has 2 aromatic carbocycles. The zero-order valence-electron chi connectivity index (χ0n) is 15.1. The van der Waals surface area contributed by atoms with E-state index < -0.39 is 0 Å². The first kappa shape index (κ1) is 18.1. The molecular formula is C21H28N2O. The number of carbonyl (C=O) groups is 1. The summed E-state index contributed by atoms with van der Waals surface area (Å²) in [5.74, 6) is 0.0651. The van der Waals surface area contributed by atoms with Gasteiger partial charge in [0.1, 0.15) is 0 Å². The molecular weight excluding hydrogens is 296 g/mol. The van der Waals surface area contributed by atoms with Crippen LogP contribution in [0.2, 0.25) is 0 Å². The second-order valence-corrected chi connectivity index (χ2v) is 7.27. The molecule has 1 amide bonds. The van der Waals surface area contributed by atoms with Crippen LogP contribution in [0, 0.1) is 6.92 Å². The summed E-state index contributed by atoms with van der Waals surface area (Å²) in [6, 6.07) is 16.6. The van der Waals surface area contributed by atoms with Gasteiger partial charge in [0, 0.05) is 25.2 Å². The average Bonchev–Trinajstić information content (AvgIpc) is 2.53. The molecule has 0 fully saturated rings. The summed E-state index contributed by atoms with van der Waals surface area (Å²) in [4.78, 5) is 11.9. The van der Waals surface area contributed by atoms with Crippen LogP contribution in [0.1, 0.15) is 43.9 Å². The van der Waals surface area contributed by atoms with Crippen molar-refractivity contribution in [1.82, 2.24) is 5.32 Å². The molecule has 0 aliphatic carbocycles. The molecule has 0 aliphatic heterocycles. The van der Waals surface area contributed by atoms with Crippen molar-refractivity contribution in [2.45, 2.75) is 46.1 Å². The first-order valence-corrected chi connectivity index (χ1v) is 8.51. The van der Waals surface area contributed by atoms with Crippen molar-refractivity contribution >= 4 is 11.6 Å². The van der Waals surface area contributed by atoms with Crippen LogP contribution in [0.15, 0.2) is 48.5 Å². The number of aryl methyl sites for hydroxylation is 1. The number of amides is 1. The van der Waals surface area contributed by atoms with Crippen molar-refractivity contribution in [2.24, 2.45) is 0 Å². The Hall–Kier alpha value is -2.29. The molecule has 0 heterocycles. The van der Waals surface area contributed by atoms with Crippen LogP contribution >= 0.6 is 0 Å². The maximum atomic E-state index is 11.9. The van der Waals surface area contributed by atoms with E-state index >= 15 is 0 Å². The van der Waals surface area contributed by atoms with E-state index in [-0.39, 0.29) is 11.3 Å². The van der Waals surface area contributed by atoms with Crippen LogP contribution in [0.5, 0.6) is 0 Å². The predicted molar refractivity (Wildman–Crippen MR) is 101 cm³/mol. The second-order valence-electron chi connectivity index (χ2n) is 7.27. The quantitative estimate of drug-likeness (QED) is 0.826. The molecule has 2 N–H and O–H groups in total. The van der Waals surface area contributed by atoms with Crippen molar-refractivity contribution in [2.75, 3.05) is 11.9 Å². The third kappa shape index (κ3) is 5.73. The minimum Gasteiger partial charge on any atom is -0.385 e. The maximum Gasteiger partial charge on any atom is 0.222 e. The predicted octanol–water partition coefficient (Wildman–Crippen LogP) is 4.41. The smallest absolute Gasteiger partial charge is 0.222 e. The van der Waals surface area contributed by atoms with E-state index in [0.29, 0.717) is 19.5 Å². The Labute approximate surface area is 145 Å². The highest BCUT2D eigenvalue weighted by atomic mass is 16.1. The van der Waals surface area contributed by atoms with Crippen LogP contribution in [-0.2, 0) is 16.8 Å². The van der Waals surface area contributed by atoms with Gasteiger partial charge in [0.25, 0.3) is 0 Å². The van der Waals surface area contributed by atoms with E-state index in [4.69, 9.17) is 0 Å². The van der Waals surface area contributed by atoms with Gasteiger partial charge in [-0.05, 0) is 35.6 Å². The van der Waals surface area contributed by atoms with E-state index in [2.05, 4.69) is 74.7 Å². The molecule has 3 nitrogen and oxygen atoms in total. The van der Waals surface area contributed by atoms with Gasteiger partial charge in [-0.25, -0.2) is 0 Å². The molecule has 0 spiro atoms. The highest BCUT2D eigenvalue weighted by Gasteiger charge is 2.12. The average molecular weight is 324 g/mol. The summed E-state index contributed by atoms with van der Waals surface area (Å²) in [6.07, 6.45) is 0.465. The normalized spacial score (nSPS) is 11.2. The van der Waals surface area contributed by atoms with Gasteiger partial charge in [-0.1, -0.05) is 62.7 Å². The standard InChI is InChI=1S/C21H28N2O/c1-16-6-5-7-17(14-16)15-23-20(24)12-13-22-19-10-8-18(9-11-19)21(2,3)4/h5-11,14,22H,12-13,15H2,1-4H3,(H,23,24). The van der Waals surface area contributed by atoms with Crippen LogP contribution in [0.25, 0.3) is 0 Å². The third-order valence-corrected chi connectivity index (χ3v) is 4.00. The highest BCUT2D eigenvalue weighted by molar-refractivity contribution is 5.76. The number of hydrogen-bond donors (Lipinski definition) is 2. The minimum absolute atomic E-state index is 0.0651. The summed E-state index contributed by atoms with van der Waals surface area (Å²) in [6.45, 7) is 9.88. The Morgan fingerprint density at radius 1 is 1.04 bits per heavy atom. The van der Waals surface area contributed by atoms with Gasteiger partial charge in [0.05, 0.1) is 0 Å². The summed E-state index contributed by atoms with van der Waals surface area (Å²) >= 11 is 0. The van der Waals surface area contributed by atoms with Gasteiger partial charge >= 0.3 is 0 Å². The number of nitrogens with one attached hydrogen (secondary N) is 2. The summed E-state index contributed by atoms with van der Waals surface area (Å²) < 4.78 is 0. The van der Waals surface area contributed by atoms with E-state index in [1.54, 1.807) is 0 Å². The lowest BCUT2D eigenvalue weighted by atomic mass is 9.87. The number of benzene rings is 2. The Kier molecular flexibility index (Phi) is 6.02. The summed E-state index contributed by atoms with van der Waals surface area (Å²) in [7, 11) is 0. The molecule has 0 bridgehead atoms. The van der Waals surface area contributed by atoms with Gasteiger partial charge in [0.2, 0.25) is 5.91 Å². The van der Waals surface area contributed by atoms with Crippen molar-refractivity contribution < 1.29 is 4.79 Å². The van der Waals surface area contributed by atoms with Gasteiger partial charge in [-0.2, -0.15) is 0 Å². The molecule has 0 saturated heterocycles. The molecule has 0 aromatic heterocycles. The first-order valence-electron chi connectivity index (χ1n) is 8.51. The van der Waals surface area contributed by atoms with E-state index in [1.165, 1.54) is 11.1 Å². The number of hydrogen-bond acceptors (Lipinski definition) is 2. The number of anilines is 1. The fraction of sp³-hybridized carbons (Fsp3) is 0.381. The zero-order chi connectivity index (χ0) is 17.6. The SMILES string of the molecule is Cc1cccc(CNC(=O)CCNc2ccc(C(C)(C)C)cc2)c1. The Bertz CT molecular complexity index is 669. The third-order valence-electron chi connectivity index (χ3n) is 4.00. The first-order chi connectivity index (χ1) is 11.3. The largest absolute Gasteiger partial charge is 0.385 e. The van der Waals surface area contributed by atoms with Gasteiger partial charge in [-0.15, -0.1) is 0 Å². The fourth-order valence-electron chi connectivity index (χ4n) is 2.52. The van der Waals surface area contributed by atoms with E-state index in [1.807, 2.05) is 12.1 Å². The molecule has 0 saturated carbocycles. The molecule has 2 aromatic rings. The molecule has 0 unspecified atom stereocenters. The molecule has 2 rings (SSSR count). The highest BCUT2D eigenvalue weighted by Crippen LogP contribution is 2.23. The zero-order valence-corrected chi connectivity index (χ0v) is 15.1. The fourth-order valence-corrected chi connectivity index (χ4v) is 2.52. The molecule has 3 heteroatoms. The van der Waals surface area contributed by atoms with Crippen molar-refractivity contribution in [1.29, 1.82) is 0 Å². The summed E-state index contributed by atoms with van der Waals surface area (Å²) in [5, 5.41) is 6.26. The monoisotopic (exact) mass is 324 g/mol. The molecule has 0 atom stereocenters. The summed E-state index contributed by atoms with van der Waals surface area (Å²) in [5.41, 5.74) is 4.86. The Morgan fingerprint density at radius 3 is 2.38 bits per heavy atom. The second kappa shape index (κ2) is 8.00. The topological polar surface area (TPSA) is 41.1 Å². The molecule has 0 aliphatic rings. The van der Waals surface area contributed by atoms with Crippen LogP contribution in [0.4, 0.5) is 5.69 Å². The lowest BCUT2D eigenvalue weighted by molar-refractivity contribution is -0.121. The van der Waals surface area contributed by atoms with E-state index in [9.17, 15) is 4.79 Å². The van der Waals surface area contributed by atoms with Gasteiger partial charge in [0.15, 0.2) is 0 Å². The van der Waals surface area contributed by atoms with E-state index in [0.717, 1.165) is 11.3 Å². The van der Waals surface area contributed by atoms with Gasteiger partial charge in [-0.3, -0.25) is 4.79 Å². The number of carbonyl (C=O) groups excluding carboxylic acids is 1. The Morgan fingerprint density at radius 2 is 1.75 bits per heavy atom. The lowest BCUT2D eigenvalue weighted by Gasteiger charge is -2.19. The van der Waals surface area contributed by atoms with Crippen molar-refractivity contribution in [3.63, 3.8) is 0 Å². The van der Waals surface area contributed by atoms with Crippen LogP contribution < -0.4 is 10.6 Å². The molecule has 128 valence electrons. The molecule has 24 heavy (non-hydrogen) atoms. The minimum atomic E-state index is 0.0651. The van der Waals surface area contributed by atoms with Crippen LogP contribution in [0.3, 0.4) is 0 Å². The Balaban J connectivity index is 1.72. The molecule has 0 radical (unpaired) electrons. The van der Waals surface area contributed by atoms with Gasteiger partial charge < -0.3 is 10.6 Å². The van der Waals surface area contributed by atoms with Crippen molar-refractivity contribution in [3.8, 4) is 0 Å².